The van der Waals surface area contributed by atoms with E-state index in [4.69, 9.17) is 0 Å². The molecule has 2 heterocycles. The second-order valence-corrected chi connectivity index (χ2v) is 10.7. The number of Topliss-reactive ketones (excluding diaryl/α,β-unsaturated/α-hetero) is 1. The molecule has 6 heteroatoms. The molecule has 0 spiro atoms. The van der Waals surface area contributed by atoms with Crippen LogP contribution < -0.4 is 4.90 Å². The zero-order chi connectivity index (χ0) is 22.5. The lowest BCUT2D eigenvalue weighted by Gasteiger charge is -2.52. The van der Waals surface area contributed by atoms with Crippen molar-refractivity contribution < 1.29 is 14.4 Å². The van der Waals surface area contributed by atoms with Crippen LogP contribution in [0.5, 0.6) is 0 Å². The van der Waals surface area contributed by atoms with Gasteiger partial charge in [-0.1, -0.05) is 32.0 Å². The number of hydrogen-bond donors (Lipinski definition) is 0. The van der Waals surface area contributed by atoms with Crippen LogP contribution in [-0.2, 0) is 14.4 Å². The van der Waals surface area contributed by atoms with Gasteiger partial charge in [0.1, 0.15) is 5.78 Å². The Kier molecular flexibility index (Phi) is 5.60. The molecule has 3 unspecified atom stereocenters. The Bertz CT molecular complexity index is 895. The molecule has 2 amide bonds. The van der Waals surface area contributed by atoms with Crippen LogP contribution >= 0.6 is 0 Å². The van der Waals surface area contributed by atoms with E-state index in [-0.39, 0.29) is 40.8 Å². The number of likely N-dealkylation sites (tertiary alicyclic amines) is 1. The Labute approximate surface area is 190 Å². The average molecular weight is 438 g/mol. The standard InChI is InChI=1S/C26H35N3O3/c1-18-16-26(2)17-20(30)21(18)22-23(26)25(32)29(24(22)31)11-7-6-10-27-12-14-28(15-13-27)19-8-4-3-5-9-19/h3-5,8-9,18,21-23H,6-7,10-17H2,1-2H3/t18?,21-,22?,23?,26+/m0/s1. The van der Waals surface area contributed by atoms with Gasteiger partial charge in [0.05, 0.1) is 11.8 Å². The van der Waals surface area contributed by atoms with Crippen LogP contribution in [0.4, 0.5) is 5.69 Å². The number of imide groups is 1. The highest BCUT2D eigenvalue weighted by atomic mass is 16.2. The summed E-state index contributed by atoms with van der Waals surface area (Å²) >= 11 is 0. The molecule has 2 aliphatic heterocycles. The fraction of sp³-hybridized carbons (Fsp3) is 0.654. The van der Waals surface area contributed by atoms with Crippen molar-refractivity contribution in [3.05, 3.63) is 30.3 Å². The first-order valence-corrected chi connectivity index (χ1v) is 12.3. The number of fused-ring (bicyclic) bond motifs is 2. The minimum atomic E-state index is -0.399. The van der Waals surface area contributed by atoms with Gasteiger partial charge in [-0.2, -0.15) is 0 Å². The second-order valence-electron chi connectivity index (χ2n) is 10.7. The van der Waals surface area contributed by atoms with Crippen molar-refractivity contribution >= 4 is 23.3 Å². The number of piperazine rings is 1. The topological polar surface area (TPSA) is 60.9 Å². The fourth-order valence-electron chi connectivity index (χ4n) is 7.10. The van der Waals surface area contributed by atoms with Crippen molar-refractivity contribution in [2.75, 3.05) is 44.2 Å². The minimum absolute atomic E-state index is 0.0108. The van der Waals surface area contributed by atoms with Gasteiger partial charge >= 0.3 is 0 Å². The summed E-state index contributed by atoms with van der Waals surface area (Å²) in [5, 5.41) is 0. The summed E-state index contributed by atoms with van der Waals surface area (Å²) in [6.07, 6.45) is 3.16. The molecule has 0 N–H and O–H groups in total. The number of para-hydroxylation sites is 1. The maximum atomic E-state index is 13.2. The van der Waals surface area contributed by atoms with Gasteiger partial charge in [-0.15, -0.1) is 0 Å². The molecule has 5 fully saturated rings. The Morgan fingerprint density at radius 3 is 2.28 bits per heavy atom. The molecular weight excluding hydrogens is 402 g/mol. The summed E-state index contributed by atoms with van der Waals surface area (Å²) in [5.74, 6) is -0.609. The number of carbonyl (C=O) groups excluding carboxylic acids is 3. The van der Waals surface area contributed by atoms with Gasteiger partial charge in [-0.25, -0.2) is 0 Å². The summed E-state index contributed by atoms with van der Waals surface area (Å²) in [5.41, 5.74) is 0.950. The maximum absolute atomic E-state index is 13.2. The number of amides is 2. The average Bonchev–Trinajstić information content (AvgIpc) is 3.03. The molecule has 2 saturated heterocycles. The van der Waals surface area contributed by atoms with E-state index in [1.807, 2.05) is 6.07 Å². The number of rotatable bonds is 6. The monoisotopic (exact) mass is 437 g/mol. The number of anilines is 1. The van der Waals surface area contributed by atoms with Crippen LogP contribution in [0.25, 0.3) is 0 Å². The zero-order valence-corrected chi connectivity index (χ0v) is 19.3. The lowest BCUT2D eigenvalue weighted by atomic mass is 9.48. The highest BCUT2D eigenvalue weighted by Crippen LogP contribution is 2.60. The van der Waals surface area contributed by atoms with E-state index >= 15 is 0 Å². The van der Waals surface area contributed by atoms with Gasteiger partial charge in [0.2, 0.25) is 11.8 Å². The highest BCUT2D eigenvalue weighted by Gasteiger charge is 2.66. The van der Waals surface area contributed by atoms with Crippen molar-refractivity contribution in [2.45, 2.75) is 39.5 Å². The lowest BCUT2D eigenvalue weighted by molar-refractivity contribution is -0.157. The van der Waals surface area contributed by atoms with Crippen molar-refractivity contribution in [1.29, 1.82) is 0 Å². The summed E-state index contributed by atoms with van der Waals surface area (Å²) in [6, 6.07) is 10.5. The van der Waals surface area contributed by atoms with E-state index in [1.54, 1.807) is 0 Å². The number of nitrogens with zero attached hydrogens (tertiary/aromatic N) is 3. The predicted octanol–water partition coefficient (Wildman–Crippen LogP) is 2.83. The first kappa shape index (κ1) is 21.6. The highest BCUT2D eigenvalue weighted by molar-refractivity contribution is 6.09. The van der Waals surface area contributed by atoms with E-state index in [9.17, 15) is 14.4 Å². The number of ketones is 1. The summed E-state index contributed by atoms with van der Waals surface area (Å²) in [4.78, 5) is 45.4. The molecule has 0 radical (unpaired) electrons. The number of carbonyl (C=O) groups is 3. The molecule has 5 aliphatic rings. The quantitative estimate of drug-likeness (QED) is 0.506. The van der Waals surface area contributed by atoms with E-state index in [2.05, 4.69) is 47.9 Å². The molecule has 0 aromatic heterocycles. The summed E-state index contributed by atoms with van der Waals surface area (Å²) < 4.78 is 0. The normalized spacial score (nSPS) is 35.0. The Morgan fingerprint density at radius 1 is 0.906 bits per heavy atom. The molecular formula is C26H35N3O3. The van der Waals surface area contributed by atoms with Crippen LogP contribution in [0.2, 0.25) is 0 Å². The van der Waals surface area contributed by atoms with Gasteiger partial charge in [-0.3, -0.25) is 24.2 Å². The van der Waals surface area contributed by atoms with Crippen molar-refractivity contribution in [3.63, 3.8) is 0 Å². The third kappa shape index (κ3) is 3.57. The third-order valence-corrected chi connectivity index (χ3v) is 8.53. The van der Waals surface area contributed by atoms with Gasteiger partial charge in [0, 0.05) is 50.7 Å². The Morgan fingerprint density at radius 2 is 1.59 bits per heavy atom. The largest absolute Gasteiger partial charge is 0.369 e. The molecule has 6 nitrogen and oxygen atoms in total. The molecule has 3 saturated carbocycles. The van der Waals surface area contributed by atoms with Crippen molar-refractivity contribution in [3.8, 4) is 0 Å². The smallest absolute Gasteiger partial charge is 0.233 e. The van der Waals surface area contributed by atoms with Crippen LogP contribution in [-0.4, -0.2) is 66.7 Å². The van der Waals surface area contributed by atoms with Gasteiger partial charge in [0.25, 0.3) is 0 Å². The summed E-state index contributed by atoms with van der Waals surface area (Å²) in [7, 11) is 0. The summed E-state index contributed by atoms with van der Waals surface area (Å²) in [6.45, 7) is 9.78. The van der Waals surface area contributed by atoms with E-state index in [1.165, 1.54) is 10.6 Å². The molecule has 32 heavy (non-hydrogen) atoms. The van der Waals surface area contributed by atoms with E-state index in [0.717, 1.165) is 52.0 Å². The number of benzene rings is 1. The number of hydrogen-bond acceptors (Lipinski definition) is 5. The molecule has 1 aromatic rings. The molecule has 5 atom stereocenters. The van der Waals surface area contributed by atoms with E-state index in [0.29, 0.717) is 13.0 Å². The lowest BCUT2D eigenvalue weighted by Crippen LogP contribution is -2.56. The van der Waals surface area contributed by atoms with Crippen LogP contribution in [0.15, 0.2) is 30.3 Å². The molecule has 3 aliphatic carbocycles. The van der Waals surface area contributed by atoms with Gasteiger partial charge in [0.15, 0.2) is 0 Å². The van der Waals surface area contributed by atoms with Crippen LogP contribution in [0, 0.1) is 29.1 Å². The first-order valence-electron chi connectivity index (χ1n) is 12.3. The fourth-order valence-corrected chi connectivity index (χ4v) is 7.10. The molecule has 2 bridgehead atoms. The second kappa shape index (κ2) is 8.29. The predicted molar refractivity (Wildman–Crippen MR) is 123 cm³/mol. The molecule has 172 valence electrons. The maximum Gasteiger partial charge on any atom is 0.233 e. The zero-order valence-electron chi connectivity index (χ0n) is 19.3. The third-order valence-electron chi connectivity index (χ3n) is 8.53. The van der Waals surface area contributed by atoms with E-state index < -0.39 is 5.92 Å². The number of unbranched alkanes of at least 4 members (excludes halogenated alkanes) is 1. The Hall–Kier alpha value is -2.21. The molecule has 1 aromatic carbocycles. The van der Waals surface area contributed by atoms with Gasteiger partial charge < -0.3 is 4.90 Å². The first-order chi connectivity index (χ1) is 15.4. The van der Waals surface area contributed by atoms with Crippen LogP contribution in [0.1, 0.15) is 39.5 Å². The van der Waals surface area contributed by atoms with Crippen molar-refractivity contribution in [1.82, 2.24) is 9.80 Å². The van der Waals surface area contributed by atoms with Crippen LogP contribution in [0.3, 0.4) is 0 Å². The SMILES string of the molecule is CC1C[C@]2(C)CC(=O)[C@H]1C1C(=O)N(CCCCN3CCN(c4ccccc4)CC3)C(=O)C12. The minimum Gasteiger partial charge on any atom is -0.369 e. The molecule has 6 rings (SSSR count). The van der Waals surface area contributed by atoms with Gasteiger partial charge in [-0.05, 0) is 49.3 Å². The Balaban J connectivity index is 1.11. The van der Waals surface area contributed by atoms with Crippen molar-refractivity contribution in [2.24, 2.45) is 29.1 Å².